The van der Waals surface area contributed by atoms with Crippen molar-refractivity contribution in [1.29, 1.82) is 0 Å². The van der Waals surface area contributed by atoms with E-state index in [1.54, 1.807) is 35.0 Å². The SMILES string of the molecule is Cc1ccccc1-c1nc(-c2ccccc2O)nn1-c1ccc(C(=O)NCCN(C)C)cc1. The lowest BCUT2D eigenvalue weighted by Crippen LogP contribution is -2.31. The maximum Gasteiger partial charge on any atom is 0.251 e. The number of nitrogens with zero attached hydrogens (tertiary/aromatic N) is 4. The van der Waals surface area contributed by atoms with E-state index in [0.717, 1.165) is 23.4 Å². The van der Waals surface area contributed by atoms with Crippen molar-refractivity contribution < 1.29 is 9.90 Å². The number of para-hydroxylation sites is 1. The van der Waals surface area contributed by atoms with Crippen molar-refractivity contribution in [2.75, 3.05) is 27.2 Å². The van der Waals surface area contributed by atoms with Gasteiger partial charge in [0.05, 0.1) is 11.3 Å². The Balaban J connectivity index is 1.71. The molecule has 1 heterocycles. The largest absolute Gasteiger partial charge is 0.507 e. The number of aromatic nitrogens is 3. The van der Waals surface area contributed by atoms with Gasteiger partial charge in [-0.1, -0.05) is 36.4 Å². The van der Waals surface area contributed by atoms with Gasteiger partial charge >= 0.3 is 0 Å². The third-order valence-corrected chi connectivity index (χ3v) is 5.36. The number of benzene rings is 3. The molecule has 1 aromatic heterocycles. The molecule has 0 fully saturated rings. The van der Waals surface area contributed by atoms with Crippen LogP contribution in [0.25, 0.3) is 28.5 Å². The summed E-state index contributed by atoms with van der Waals surface area (Å²) in [6.45, 7) is 3.38. The van der Waals surface area contributed by atoms with E-state index in [0.29, 0.717) is 29.3 Å². The Morgan fingerprint density at radius 2 is 1.64 bits per heavy atom. The highest BCUT2D eigenvalue weighted by Crippen LogP contribution is 2.31. The summed E-state index contributed by atoms with van der Waals surface area (Å²) in [4.78, 5) is 19.2. The number of phenols is 1. The van der Waals surface area contributed by atoms with Crippen LogP contribution in [0.4, 0.5) is 0 Å². The molecule has 33 heavy (non-hydrogen) atoms. The molecule has 0 atom stereocenters. The highest BCUT2D eigenvalue weighted by atomic mass is 16.3. The van der Waals surface area contributed by atoms with Crippen LogP contribution in [-0.4, -0.2) is 57.9 Å². The summed E-state index contributed by atoms with van der Waals surface area (Å²) < 4.78 is 1.75. The van der Waals surface area contributed by atoms with Crippen molar-refractivity contribution in [2.45, 2.75) is 6.92 Å². The number of aromatic hydroxyl groups is 1. The molecular weight excluding hydrogens is 414 g/mol. The first-order chi connectivity index (χ1) is 15.9. The summed E-state index contributed by atoms with van der Waals surface area (Å²) >= 11 is 0. The molecule has 0 saturated carbocycles. The Kier molecular flexibility index (Phi) is 6.51. The first kappa shape index (κ1) is 22.2. The van der Waals surface area contributed by atoms with E-state index in [2.05, 4.69) is 5.32 Å². The Morgan fingerprint density at radius 3 is 2.30 bits per heavy atom. The molecule has 2 N–H and O–H groups in total. The highest BCUT2D eigenvalue weighted by Gasteiger charge is 2.18. The van der Waals surface area contributed by atoms with Gasteiger partial charge in [0.15, 0.2) is 11.6 Å². The van der Waals surface area contributed by atoms with Crippen molar-refractivity contribution in [2.24, 2.45) is 0 Å². The molecule has 0 spiro atoms. The Labute approximate surface area is 193 Å². The number of hydrogen-bond donors (Lipinski definition) is 2. The van der Waals surface area contributed by atoms with E-state index in [1.807, 2.05) is 68.4 Å². The van der Waals surface area contributed by atoms with Crippen LogP contribution in [0.2, 0.25) is 0 Å². The molecule has 4 aromatic rings. The fourth-order valence-corrected chi connectivity index (χ4v) is 3.52. The lowest BCUT2D eigenvalue weighted by Gasteiger charge is -2.11. The van der Waals surface area contributed by atoms with Gasteiger partial charge in [-0.25, -0.2) is 9.67 Å². The molecule has 0 aliphatic rings. The van der Waals surface area contributed by atoms with E-state index >= 15 is 0 Å². The quantitative estimate of drug-likeness (QED) is 0.454. The van der Waals surface area contributed by atoms with Crippen molar-refractivity contribution in [3.05, 3.63) is 83.9 Å². The third-order valence-electron chi connectivity index (χ3n) is 5.36. The van der Waals surface area contributed by atoms with Crippen molar-refractivity contribution >= 4 is 5.91 Å². The molecule has 0 aliphatic carbocycles. The number of amides is 1. The first-order valence-electron chi connectivity index (χ1n) is 10.8. The number of carbonyl (C=O) groups is 1. The summed E-state index contributed by atoms with van der Waals surface area (Å²) in [5.74, 6) is 1.10. The maximum absolute atomic E-state index is 12.4. The van der Waals surface area contributed by atoms with Crippen LogP contribution in [0.15, 0.2) is 72.8 Å². The van der Waals surface area contributed by atoms with Crippen LogP contribution in [0.5, 0.6) is 5.75 Å². The fourth-order valence-electron chi connectivity index (χ4n) is 3.52. The van der Waals surface area contributed by atoms with Crippen LogP contribution in [0.3, 0.4) is 0 Å². The number of likely N-dealkylation sites (N-methyl/N-ethyl adjacent to an activating group) is 1. The number of nitrogens with one attached hydrogen (secondary N) is 1. The molecule has 7 heteroatoms. The fraction of sp³-hybridized carbons (Fsp3) is 0.192. The molecule has 4 rings (SSSR count). The van der Waals surface area contributed by atoms with Crippen molar-refractivity contribution in [3.8, 4) is 34.2 Å². The summed E-state index contributed by atoms with van der Waals surface area (Å²) in [6.07, 6.45) is 0. The Morgan fingerprint density at radius 1 is 0.970 bits per heavy atom. The van der Waals surface area contributed by atoms with Gasteiger partial charge in [0.25, 0.3) is 5.91 Å². The first-order valence-corrected chi connectivity index (χ1v) is 10.8. The normalized spacial score (nSPS) is 11.0. The minimum Gasteiger partial charge on any atom is -0.507 e. The molecule has 168 valence electrons. The molecule has 7 nitrogen and oxygen atoms in total. The number of rotatable bonds is 7. The van der Waals surface area contributed by atoms with Gasteiger partial charge in [-0.05, 0) is 63.0 Å². The Bertz CT molecular complexity index is 1260. The van der Waals surface area contributed by atoms with Crippen LogP contribution in [0, 0.1) is 6.92 Å². The molecule has 0 saturated heterocycles. The molecule has 3 aromatic carbocycles. The number of phenolic OH excluding ortho intramolecular Hbond substituents is 1. The summed E-state index contributed by atoms with van der Waals surface area (Å²) in [7, 11) is 3.93. The van der Waals surface area contributed by atoms with Crippen molar-refractivity contribution in [3.63, 3.8) is 0 Å². The van der Waals surface area contributed by atoms with Gasteiger partial charge in [0.2, 0.25) is 0 Å². The van der Waals surface area contributed by atoms with E-state index in [-0.39, 0.29) is 11.7 Å². The van der Waals surface area contributed by atoms with Crippen LogP contribution >= 0.6 is 0 Å². The van der Waals surface area contributed by atoms with Gasteiger partial charge in [-0.2, -0.15) is 0 Å². The average Bonchev–Trinajstić information content (AvgIpc) is 3.24. The van der Waals surface area contributed by atoms with Gasteiger partial charge < -0.3 is 15.3 Å². The van der Waals surface area contributed by atoms with Crippen LogP contribution in [0.1, 0.15) is 15.9 Å². The second kappa shape index (κ2) is 9.67. The molecular formula is C26H27N5O2. The lowest BCUT2D eigenvalue weighted by atomic mass is 10.1. The van der Waals surface area contributed by atoms with Gasteiger partial charge in [0.1, 0.15) is 5.75 Å². The van der Waals surface area contributed by atoms with Crippen molar-refractivity contribution in [1.82, 2.24) is 25.0 Å². The summed E-state index contributed by atoms with van der Waals surface area (Å²) in [5.41, 5.74) is 3.91. The summed E-state index contributed by atoms with van der Waals surface area (Å²) in [6, 6.07) is 22.2. The van der Waals surface area contributed by atoms with E-state index in [4.69, 9.17) is 10.1 Å². The summed E-state index contributed by atoms with van der Waals surface area (Å²) in [5, 5.41) is 18.0. The highest BCUT2D eigenvalue weighted by molar-refractivity contribution is 5.94. The predicted molar refractivity (Wildman–Crippen MR) is 130 cm³/mol. The van der Waals surface area contributed by atoms with E-state index in [9.17, 15) is 9.90 Å². The lowest BCUT2D eigenvalue weighted by molar-refractivity contribution is 0.0951. The van der Waals surface area contributed by atoms with E-state index < -0.39 is 0 Å². The molecule has 0 bridgehead atoms. The standard InChI is InChI=1S/C26H27N5O2/c1-18-8-4-5-9-21(18)25-28-24(22-10-6-7-11-23(22)32)29-31(25)20-14-12-19(13-15-20)26(33)27-16-17-30(2)3/h4-15,32H,16-17H2,1-3H3,(H,27,33). The zero-order chi connectivity index (χ0) is 23.4. The predicted octanol–water partition coefficient (Wildman–Crippen LogP) is 3.91. The van der Waals surface area contributed by atoms with E-state index in [1.165, 1.54) is 0 Å². The minimum atomic E-state index is -0.115. The molecule has 0 unspecified atom stereocenters. The molecule has 1 amide bonds. The zero-order valence-electron chi connectivity index (χ0n) is 19.0. The van der Waals surface area contributed by atoms with Crippen LogP contribution in [-0.2, 0) is 0 Å². The smallest absolute Gasteiger partial charge is 0.251 e. The van der Waals surface area contributed by atoms with Gasteiger partial charge in [-0.15, -0.1) is 5.10 Å². The third kappa shape index (κ3) is 4.94. The van der Waals surface area contributed by atoms with Gasteiger partial charge in [-0.3, -0.25) is 4.79 Å². The monoisotopic (exact) mass is 441 g/mol. The van der Waals surface area contributed by atoms with Crippen LogP contribution < -0.4 is 5.32 Å². The van der Waals surface area contributed by atoms with Gasteiger partial charge in [0, 0.05) is 24.2 Å². The number of aryl methyl sites for hydroxylation is 1. The number of hydrogen-bond acceptors (Lipinski definition) is 5. The number of carbonyl (C=O) groups excluding carboxylic acids is 1. The molecule has 0 aliphatic heterocycles. The Hall–Kier alpha value is -3.97. The zero-order valence-corrected chi connectivity index (χ0v) is 19.0. The topological polar surface area (TPSA) is 83.3 Å². The maximum atomic E-state index is 12.4. The molecule has 0 radical (unpaired) electrons. The second-order valence-corrected chi connectivity index (χ2v) is 8.11. The second-order valence-electron chi connectivity index (χ2n) is 8.11. The minimum absolute atomic E-state index is 0.115. The average molecular weight is 442 g/mol.